The maximum atomic E-state index is 13.3. The largest absolute Gasteiger partial charge is 0.490 e. The minimum absolute atomic E-state index is 0.0792. The molecule has 0 radical (unpaired) electrons. The van der Waals surface area contributed by atoms with Gasteiger partial charge >= 0.3 is 24.2 Å². The predicted molar refractivity (Wildman–Crippen MR) is 167 cm³/mol. The van der Waals surface area contributed by atoms with Crippen LogP contribution in [0, 0.1) is 13.8 Å². The summed E-state index contributed by atoms with van der Waals surface area (Å²) in [6.07, 6.45) is 2.32. The van der Waals surface area contributed by atoms with Gasteiger partial charge in [0.1, 0.15) is 16.9 Å². The van der Waals surface area contributed by atoms with Crippen molar-refractivity contribution in [2.45, 2.75) is 96.1 Å². The highest BCUT2D eigenvalue weighted by molar-refractivity contribution is 5.97. The van der Waals surface area contributed by atoms with Crippen LogP contribution in [0.3, 0.4) is 0 Å². The molecule has 14 heteroatoms. The highest BCUT2D eigenvalue weighted by atomic mass is 19.4. The minimum Gasteiger partial charge on any atom is -0.475 e. The molecule has 1 atom stereocenters. The van der Waals surface area contributed by atoms with Crippen LogP contribution in [0.2, 0.25) is 0 Å². The summed E-state index contributed by atoms with van der Waals surface area (Å²) in [5, 5.41) is 7.12. The molecule has 48 heavy (non-hydrogen) atoms. The number of carboxylic acids is 1. The first-order valence-corrected chi connectivity index (χ1v) is 16.3. The van der Waals surface area contributed by atoms with Crippen molar-refractivity contribution < 1.29 is 51.3 Å². The summed E-state index contributed by atoms with van der Waals surface area (Å²) in [7, 11) is 1.34. The molecule has 3 aliphatic rings. The Balaban J connectivity index is 0.000000671. The van der Waals surface area contributed by atoms with Gasteiger partial charge in [-0.3, -0.25) is 14.6 Å². The zero-order valence-electron chi connectivity index (χ0n) is 27.8. The molecule has 0 bridgehead atoms. The van der Waals surface area contributed by atoms with E-state index < -0.39 is 23.7 Å². The molecule has 1 aromatic carbocycles. The van der Waals surface area contributed by atoms with Crippen LogP contribution in [0.25, 0.3) is 0 Å². The summed E-state index contributed by atoms with van der Waals surface area (Å²) in [5.41, 5.74) is 2.70. The number of carbonyl (C=O) groups is 4. The molecule has 4 heterocycles. The van der Waals surface area contributed by atoms with E-state index in [2.05, 4.69) is 11.8 Å². The number of nitrogens with zero attached hydrogens (tertiary/aromatic N) is 3. The zero-order chi connectivity index (χ0) is 35.2. The van der Waals surface area contributed by atoms with Gasteiger partial charge in [0, 0.05) is 50.6 Å². The summed E-state index contributed by atoms with van der Waals surface area (Å²) >= 11 is 0. The van der Waals surface area contributed by atoms with E-state index in [0.29, 0.717) is 17.4 Å². The van der Waals surface area contributed by atoms with Crippen molar-refractivity contribution in [3.63, 3.8) is 0 Å². The molecule has 0 aliphatic carbocycles. The molecule has 1 aromatic heterocycles. The van der Waals surface area contributed by atoms with Crippen LogP contribution < -0.4 is 0 Å². The van der Waals surface area contributed by atoms with Crippen LogP contribution >= 0.6 is 0 Å². The predicted octanol–water partition coefficient (Wildman–Crippen LogP) is 5.97. The standard InChI is InChI=1S/C32H43N3O6.C2HF3O2/c1-5-6-10-27-32(41-31(38)35(27)21-26-25(13-20-40-26)30(37)39-4)14-18-33(19-15-32)24-11-16-34(17-12-24)29(36)28-22(2)8-7-9-23(28)3;3-2(4,5)1(6)7/h7-9,13,20,24,27H,5-6,10-12,14-19,21H2,1-4H3;(H,6,7). The molecule has 3 aliphatic heterocycles. The molecule has 5 rings (SSSR count). The second-order valence-corrected chi connectivity index (χ2v) is 12.6. The number of methoxy groups -OCH3 is 1. The number of benzene rings is 1. The van der Waals surface area contributed by atoms with Gasteiger partial charge < -0.3 is 23.9 Å². The number of unbranched alkanes of at least 4 members (excludes halogenated alkanes) is 1. The van der Waals surface area contributed by atoms with Gasteiger partial charge in [-0.2, -0.15) is 13.2 Å². The second-order valence-electron chi connectivity index (χ2n) is 12.6. The Hall–Kier alpha value is -4.07. The van der Waals surface area contributed by atoms with Crippen LogP contribution in [0.4, 0.5) is 18.0 Å². The third-order valence-electron chi connectivity index (χ3n) is 9.65. The zero-order valence-corrected chi connectivity index (χ0v) is 27.8. The third kappa shape index (κ3) is 8.13. The summed E-state index contributed by atoms with van der Waals surface area (Å²) in [4.78, 5) is 53.9. The smallest absolute Gasteiger partial charge is 0.475 e. The van der Waals surface area contributed by atoms with Gasteiger partial charge in [-0.25, -0.2) is 14.4 Å². The number of amides is 2. The van der Waals surface area contributed by atoms with Crippen LogP contribution in [0.1, 0.15) is 89.5 Å². The number of halogens is 3. The number of likely N-dealkylation sites (tertiary alicyclic amines) is 2. The molecule has 11 nitrogen and oxygen atoms in total. The van der Waals surface area contributed by atoms with Crippen molar-refractivity contribution in [2.75, 3.05) is 33.3 Å². The average Bonchev–Trinajstić information content (AvgIpc) is 3.61. The summed E-state index contributed by atoms with van der Waals surface area (Å²) in [6.45, 7) is 9.57. The van der Waals surface area contributed by atoms with Gasteiger partial charge in [0.05, 0.1) is 26.0 Å². The van der Waals surface area contributed by atoms with Crippen LogP contribution in [0.15, 0.2) is 34.9 Å². The Morgan fingerprint density at radius 3 is 2.19 bits per heavy atom. The number of alkyl halides is 3. The number of ether oxygens (including phenoxy) is 2. The van der Waals surface area contributed by atoms with Gasteiger partial charge in [0.25, 0.3) is 5.91 Å². The number of carbonyl (C=O) groups excluding carboxylic acids is 3. The Labute approximate surface area is 277 Å². The van der Waals surface area contributed by atoms with Crippen LogP contribution in [-0.2, 0) is 20.8 Å². The van der Waals surface area contributed by atoms with Crippen molar-refractivity contribution in [3.8, 4) is 0 Å². The van der Waals surface area contributed by atoms with Crippen molar-refractivity contribution >= 4 is 23.9 Å². The number of aliphatic carboxylic acids is 1. The summed E-state index contributed by atoms with van der Waals surface area (Å²) in [5.74, 6) is -2.67. The van der Waals surface area contributed by atoms with E-state index in [9.17, 15) is 27.6 Å². The SMILES string of the molecule is CCCCC1N(Cc2occc2C(=O)OC)C(=O)OC12CCN(C1CCN(C(=O)c3c(C)cccc3C)CC1)CC2.O=C(O)C(F)(F)F. The minimum atomic E-state index is -5.08. The highest BCUT2D eigenvalue weighted by Crippen LogP contribution is 2.42. The van der Waals surface area contributed by atoms with E-state index >= 15 is 0 Å². The number of hydrogen-bond donors (Lipinski definition) is 1. The molecule has 1 spiro atoms. The van der Waals surface area contributed by atoms with E-state index in [-0.39, 0.29) is 24.6 Å². The number of hydrogen-bond acceptors (Lipinski definition) is 8. The average molecular weight is 680 g/mol. The monoisotopic (exact) mass is 679 g/mol. The van der Waals surface area contributed by atoms with E-state index in [1.165, 1.54) is 13.4 Å². The van der Waals surface area contributed by atoms with E-state index in [1.807, 2.05) is 36.9 Å². The molecule has 2 amide bonds. The first kappa shape index (κ1) is 36.8. The number of rotatable bonds is 8. The number of furan rings is 1. The first-order chi connectivity index (χ1) is 22.7. The lowest BCUT2D eigenvalue weighted by molar-refractivity contribution is -0.192. The molecule has 2 aromatic rings. The lowest BCUT2D eigenvalue weighted by Gasteiger charge is -2.46. The lowest BCUT2D eigenvalue weighted by Crippen LogP contribution is -2.56. The first-order valence-electron chi connectivity index (χ1n) is 16.3. The van der Waals surface area contributed by atoms with Gasteiger partial charge in [-0.05, 0) is 50.3 Å². The highest BCUT2D eigenvalue weighted by Gasteiger charge is 2.55. The Kier molecular flexibility index (Phi) is 11.8. The topological polar surface area (TPSA) is 130 Å². The molecule has 3 saturated heterocycles. The number of aryl methyl sites for hydroxylation is 2. The van der Waals surface area contributed by atoms with E-state index in [1.54, 1.807) is 11.0 Å². The van der Waals surface area contributed by atoms with Gasteiger partial charge in [0.15, 0.2) is 0 Å². The van der Waals surface area contributed by atoms with Crippen molar-refractivity contribution in [3.05, 3.63) is 58.5 Å². The summed E-state index contributed by atoms with van der Waals surface area (Å²) in [6, 6.07) is 7.94. The number of piperidine rings is 2. The van der Waals surface area contributed by atoms with Crippen LogP contribution in [-0.4, -0.2) is 101 Å². The summed E-state index contributed by atoms with van der Waals surface area (Å²) < 4.78 is 48.4. The van der Waals surface area contributed by atoms with Gasteiger partial charge in [-0.15, -0.1) is 0 Å². The van der Waals surface area contributed by atoms with Crippen molar-refractivity contribution in [2.24, 2.45) is 0 Å². The molecular formula is C34H44F3N3O8. The Morgan fingerprint density at radius 2 is 1.65 bits per heavy atom. The molecule has 0 saturated carbocycles. The van der Waals surface area contributed by atoms with E-state index in [0.717, 1.165) is 87.8 Å². The van der Waals surface area contributed by atoms with Crippen LogP contribution in [0.5, 0.6) is 0 Å². The van der Waals surface area contributed by atoms with Gasteiger partial charge in [-0.1, -0.05) is 38.0 Å². The molecular weight excluding hydrogens is 635 g/mol. The second kappa shape index (κ2) is 15.4. The van der Waals surface area contributed by atoms with Crippen molar-refractivity contribution in [1.29, 1.82) is 0 Å². The van der Waals surface area contributed by atoms with Crippen molar-refractivity contribution in [1.82, 2.24) is 14.7 Å². The number of esters is 1. The Bertz CT molecular complexity index is 1440. The molecule has 264 valence electrons. The molecule has 1 N–H and O–H groups in total. The Morgan fingerprint density at radius 1 is 1.04 bits per heavy atom. The lowest BCUT2D eigenvalue weighted by atomic mass is 9.81. The number of carboxylic acid groups (broad SMARTS) is 1. The third-order valence-corrected chi connectivity index (χ3v) is 9.65. The maximum Gasteiger partial charge on any atom is 0.490 e. The maximum absolute atomic E-state index is 13.3. The molecule has 1 unspecified atom stereocenters. The fraction of sp³-hybridized carbons (Fsp3) is 0.588. The fourth-order valence-corrected chi connectivity index (χ4v) is 7.06. The van der Waals surface area contributed by atoms with Gasteiger partial charge in [0.2, 0.25) is 0 Å². The molecule has 3 fully saturated rings. The quantitative estimate of drug-likeness (QED) is 0.336. The van der Waals surface area contributed by atoms with E-state index in [4.69, 9.17) is 23.8 Å². The normalized spacial score (nSPS) is 19.9. The fourth-order valence-electron chi connectivity index (χ4n) is 7.06.